The lowest BCUT2D eigenvalue weighted by molar-refractivity contribution is -0.116. The molecule has 0 atom stereocenters. The zero-order valence-corrected chi connectivity index (χ0v) is 20.2. The van der Waals surface area contributed by atoms with Crippen molar-refractivity contribution in [1.29, 1.82) is 0 Å². The molecule has 0 spiro atoms. The van der Waals surface area contributed by atoms with Crippen LogP contribution in [0.3, 0.4) is 0 Å². The molecule has 0 N–H and O–H groups in total. The van der Waals surface area contributed by atoms with Crippen molar-refractivity contribution in [2.24, 2.45) is 0 Å². The van der Waals surface area contributed by atoms with E-state index in [0.29, 0.717) is 12.2 Å². The zero-order valence-electron chi connectivity index (χ0n) is 20.2. The number of rotatable bonds is 8. The largest absolute Gasteiger partial charge is 0.497 e. The maximum absolute atomic E-state index is 13.0. The van der Waals surface area contributed by atoms with Crippen LogP contribution in [0.5, 0.6) is 5.75 Å². The summed E-state index contributed by atoms with van der Waals surface area (Å²) in [4.78, 5) is 31.1. The molecule has 0 aliphatic carbocycles. The van der Waals surface area contributed by atoms with Gasteiger partial charge in [0, 0.05) is 13.1 Å². The van der Waals surface area contributed by atoms with E-state index in [9.17, 15) is 9.59 Å². The Balaban J connectivity index is 1.18. The third kappa shape index (κ3) is 5.23. The fourth-order valence-corrected chi connectivity index (χ4v) is 4.84. The summed E-state index contributed by atoms with van der Waals surface area (Å²) in [6.45, 7) is 4.02. The smallest absolute Gasteiger partial charge is 0.331 e. The van der Waals surface area contributed by atoms with Crippen molar-refractivity contribution >= 4 is 17.6 Å². The zero-order chi connectivity index (χ0) is 24.2. The van der Waals surface area contributed by atoms with Crippen molar-refractivity contribution in [3.63, 3.8) is 0 Å². The molecule has 3 amide bonds. The number of nitrogens with zero attached hydrogens (tertiary/aromatic N) is 3. The van der Waals surface area contributed by atoms with Gasteiger partial charge in [-0.2, -0.15) is 0 Å². The van der Waals surface area contributed by atoms with E-state index >= 15 is 0 Å². The normalized spacial score (nSPS) is 16.4. The van der Waals surface area contributed by atoms with Crippen molar-refractivity contribution in [3.05, 3.63) is 83.9 Å². The number of amides is 3. The Morgan fingerprint density at radius 3 is 2.00 bits per heavy atom. The second kappa shape index (κ2) is 10.3. The van der Waals surface area contributed by atoms with Gasteiger partial charge in [-0.3, -0.25) is 9.69 Å². The number of hydrogen-bond donors (Lipinski definition) is 0. The molecule has 6 nitrogen and oxygen atoms in total. The minimum absolute atomic E-state index is 0.117. The van der Waals surface area contributed by atoms with Gasteiger partial charge >= 0.3 is 6.03 Å². The monoisotopic (exact) mass is 469 g/mol. The van der Waals surface area contributed by atoms with Crippen LogP contribution in [0.15, 0.2) is 72.8 Å². The molecule has 0 bridgehead atoms. The SMILES string of the molecule is COc1ccc(-c2ccc(N3C(=O)CN(CCc4ccc(CN5CCCC5)cc4)C3=O)cc2)cc1. The second-order valence-corrected chi connectivity index (χ2v) is 9.26. The molecule has 0 unspecified atom stereocenters. The van der Waals surface area contributed by atoms with Crippen LogP contribution in [-0.2, 0) is 17.8 Å². The number of benzene rings is 3. The molecule has 6 heteroatoms. The maximum atomic E-state index is 13.0. The summed E-state index contributed by atoms with van der Waals surface area (Å²) >= 11 is 0. The van der Waals surface area contributed by atoms with Gasteiger partial charge in [0.25, 0.3) is 5.91 Å². The van der Waals surface area contributed by atoms with E-state index in [0.717, 1.165) is 29.8 Å². The molecule has 0 radical (unpaired) electrons. The highest BCUT2D eigenvalue weighted by Gasteiger charge is 2.36. The summed E-state index contributed by atoms with van der Waals surface area (Å²) in [5.74, 6) is 0.616. The summed E-state index contributed by atoms with van der Waals surface area (Å²) in [6, 6.07) is 23.7. The number of carbonyl (C=O) groups excluding carboxylic acids is 2. The highest BCUT2D eigenvalue weighted by atomic mass is 16.5. The highest BCUT2D eigenvalue weighted by Crippen LogP contribution is 2.27. The maximum Gasteiger partial charge on any atom is 0.331 e. The third-order valence-electron chi connectivity index (χ3n) is 6.88. The fraction of sp³-hybridized carbons (Fsp3) is 0.310. The van der Waals surface area contributed by atoms with Crippen molar-refractivity contribution in [2.45, 2.75) is 25.8 Å². The van der Waals surface area contributed by atoms with Gasteiger partial charge in [0.1, 0.15) is 12.3 Å². The first-order chi connectivity index (χ1) is 17.1. The van der Waals surface area contributed by atoms with E-state index in [1.807, 2.05) is 48.5 Å². The minimum atomic E-state index is -0.252. The van der Waals surface area contributed by atoms with Gasteiger partial charge in [-0.25, -0.2) is 9.69 Å². The van der Waals surface area contributed by atoms with Crippen LogP contribution in [0.25, 0.3) is 11.1 Å². The summed E-state index contributed by atoms with van der Waals surface area (Å²) < 4.78 is 5.21. The van der Waals surface area contributed by atoms with E-state index in [2.05, 4.69) is 29.2 Å². The number of imide groups is 1. The molecule has 3 aromatic rings. The van der Waals surface area contributed by atoms with E-state index in [-0.39, 0.29) is 18.5 Å². The van der Waals surface area contributed by atoms with Gasteiger partial charge < -0.3 is 9.64 Å². The Bertz CT molecular complexity index is 1170. The predicted octanol–water partition coefficient (Wildman–Crippen LogP) is 4.97. The lowest BCUT2D eigenvalue weighted by atomic mass is 10.1. The van der Waals surface area contributed by atoms with E-state index in [1.165, 1.54) is 42.0 Å². The predicted molar refractivity (Wildman–Crippen MR) is 138 cm³/mol. The average molecular weight is 470 g/mol. The number of carbonyl (C=O) groups is 2. The Morgan fingerprint density at radius 2 is 1.37 bits per heavy atom. The van der Waals surface area contributed by atoms with Crippen molar-refractivity contribution in [2.75, 3.05) is 38.2 Å². The summed E-state index contributed by atoms with van der Waals surface area (Å²) in [5, 5.41) is 0. The van der Waals surface area contributed by atoms with Crippen molar-refractivity contribution < 1.29 is 14.3 Å². The summed E-state index contributed by atoms with van der Waals surface area (Å²) in [5.41, 5.74) is 5.17. The number of urea groups is 1. The topological polar surface area (TPSA) is 53.1 Å². The molecular weight excluding hydrogens is 438 g/mol. The molecule has 0 saturated carbocycles. The number of methoxy groups -OCH3 is 1. The van der Waals surface area contributed by atoms with E-state index in [1.54, 1.807) is 12.0 Å². The van der Waals surface area contributed by atoms with Crippen LogP contribution >= 0.6 is 0 Å². The minimum Gasteiger partial charge on any atom is -0.497 e. The van der Waals surface area contributed by atoms with Crippen LogP contribution in [0.4, 0.5) is 10.5 Å². The number of hydrogen-bond acceptors (Lipinski definition) is 4. The molecule has 0 aromatic heterocycles. The Labute approximate surface area is 206 Å². The number of anilines is 1. The first-order valence-electron chi connectivity index (χ1n) is 12.3. The van der Waals surface area contributed by atoms with Gasteiger partial charge in [0.2, 0.25) is 0 Å². The third-order valence-corrected chi connectivity index (χ3v) is 6.88. The molecule has 180 valence electrons. The molecule has 2 aliphatic rings. The molecule has 2 fully saturated rings. The van der Waals surface area contributed by atoms with Gasteiger partial charge in [-0.1, -0.05) is 48.5 Å². The molecular formula is C29H31N3O3. The van der Waals surface area contributed by atoms with Crippen LogP contribution in [0.1, 0.15) is 24.0 Å². The molecule has 5 rings (SSSR count). The molecule has 2 saturated heterocycles. The molecule has 3 aromatic carbocycles. The van der Waals surface area contributed by atoms with Crippen molar-refractivity contribution in [3.8, 4) is 16.9 Å². The Morgan fingerprint density at radius 1 is 0.771 bits per heavy atom. The first kappa shape index (κ1) is 23.1. The van der Waals surface area contributed by atoms with E-state index < -0.39 is 0 Å². The number of ether oxygens (including phenoxy) is 1. The molecule has 35 heavy (non-hydrogen) atoms. The Hall–Kier alpha value is -3.64. The summed E-state index contributed by atoms with van der Waals surface area (Å²) in [6.07, 6.45) is 3.32. The molecule has 2 aliphatic heterocycles. The van der Waals surface area contributed by atoms with Gasteiger partial charge in [-0.05, 0) is 78.9 Å². The number of likely N-dealkylation sites (tertiary alicyclic amines) is 1. The van der Waals surface area contributed by atoms with Crippen LogP contribution in [-0.4, -0.2) is 55.0 Å². The quantitative estimate of drug-likeness (QED) is 0.437. The van der Waals surface area contributed by atoms with Crippen molar-refractivity contribution in [1.82, 2.24) is 9.80 Å². The fourth-order valence-electron chi connectivity index (χ4n) is 4.84. The van der Waals surface area contributed by atoms with Crippen LogP contribution in [0.2, 0.25) is 0 Å². The first-order valence-corrected chi connectivity index (χ1v) is 12.3. The van der Waals surface area contributed by atoms with Gasteiger partial charge in [-0.15, -0.1) is 0 Å². The van der Waals surface area contributed by atoms with Gasteiger partial charge in [0.15, 0.2) is 0 Å². The lowest BCUT2D eigenvalue weighted by Crippen LogP contribution is -2.34. The van der Waals surface area contributed by atoms with E-state index in [4.69, 9.17) is 4.74 Å². The van der Waals surface area contributed by atoms with Crippen LogP contribution in [0, 0.1) is 0 Å². The van der Waals surface area contributed by atoms with Crippen LogP contribution < -0.4 is 9.64 Å². The molecule has 2 heterocycles. The summed E-state index contributed by atoms with van der Waals surface area (Å²) in [7, 11) is 1.64. The second-order valence-electron chi connectivity index (χ2n) is 9.26. The Kier molecular flexibility index (Phi) is 6.82. The highest BCUT2D eigenvalue weighted by molar-refractivity contribution is 6.19. The van der Waals surface area contributed by atoms with Gasteiger partial charge in [0.05, 0.1) is 12.8 Å². The standard InChI is InChI=1S/C29H31N3O3/c1-35-27-14-10-25(11-15-27)24-8-12-26(13-9-24)32-28(33)21-31(29(32)34)19-16-22-4-6-23(7-5-22)20-30-17-2-3-18-30/h4-15H,2-3,16-21H2,1H3. The average Bonchev–Trinajstić information content (AvgIpc) is 3.51. The lowest BCUT2D eigenvalue weighted by Gasteiger charge is -2.18.